The van der Waals surface area contributed by atoms with Crippen LogP contribution in [0.15, 0.2) is 18.2 Å². The van der Waals surface area contributed by atoms with Crippen LogP contribution in [0.5, 0.6) is 5.75 Å². The minimum atomic E-state index is -0.620. The van der Waals surface area contributed by atoms with E-state index in [4.69, 9.17) is 4.74 Å². The van der Waals surface area contributed by atoms with Crippen molar-refractivity contribution in [2.24, 2.45) is 0 Å². The van der Waals surface area contributed by atoms with Crippen LogP contribution in [-0.2, 0) is 9.53 Å². The Morgan fingerprint density at radius 1 is 1.56 bits per heavy atom. The summed E-state index contributed by atoms with van der Waals surface area (Å²) >= 11 is 0. The van der Waals surface area contributed by atoms with E-state index < -0.39 is 11.0 Å². The first-order valence-corrected chi connectivity index (χ1v) is 5.48. The molecule has 1 aromatic carbocycles. The second-order valence-corrected chi connectivity index (χ2v) is 3.95. The van der Waals surface area contributed by atoms with Gasteiger partial charge in [0.25, 0.3) is 11.6 Å². The van der Waals surface area contributed by atoms with Crippen LogP contribution in [0.2, 0.25) is 0 Å². The summed E-state index contributed by atoms with van der Waals surface area (Å²) in [6, 6.07) is 3.50. The summed E-state index contributed by atoms with van der Waals surface area (Å²) in [6.45, 7) is 0.546. The molecule has 96 valence electrons. The summed E-state index contributed by atoms with van der Waals surface area (Å²) in [6.07, 6.45) is 0.948. The molecule has 1 aromatic rings. The summed E-state index contributed by atoms with van der Waals surface area (Å²) in [7, 11) is 0. The number of ether oxygens (including phenoxy) is 1. The van der Waals surface area contributed by atoms with Crippen molar-refractivity contribution in [1.29, 1.82) is 0 Å². The second kappa shape index (κ2) is 5.01. The quantitative estimate of drug-likeness (QED) is 0.481. The van der Waals surface area contributed by atoms with Crippen LogP contribution in [0, 0.1) is 10.1 Å². The predicted molar refractivity (Wildman–Crippen MR) is 62.4 cm³/mol. The maximum atomic E-state index is 11.7. The van der Waals surface area contributed by atoms with Crippen molar-refractivity contribution in [2.75, 3.05) is 11.9 Å². The number of nitro groups is 1. The van der Waals surface area contributed by atoms with Gasteiger partial charge in [0.05, 0.1) is 16.7 Å². The smallest absolute Gasteiger partial charge is 0.273 e. The molecule has 1 unspecified atom stereocenters. The molecule has 0 aromatic heterocycles. The third-order valence-corrected chi connectivity index (χ3v) is 2.67. The highest BCUT2D eigenvalue weighted by atomic mass is 16.6. The number of carbonyl (C=O) groups is 1. The summed E-state index contributed by atoms with van der Waals surface area (Å²) in [5, 5.41) is 22.5. The van der Waals surface area contributed by atoms with Gasteiger partial charge in [-0.2, -0.15) is 0 Å². The number of nitro benzene ring substituents is 1. The number of phenols is 1. The van der Waals surface area contributed by atoms with E-state index >= 15 is 0 Å². The molecule has 1 amide bonds. The Balaban J connectivity index is 2.09. The first-order valence-electron chi connectivity index (χ1n) is 5.48. The molecule has 0 spiro atoms. The number of non-ortho nitro benzene ring substituents is 1. The fourth-order valence-corrected chi connectivity index (χ4v) is 1.74. The van der Waals surface area contributed by atoms with Gasteiger partial charge in [-0.3, -0.25) is 14.9 Å². The zero-order chi connectivity index (χ0) is 13.1. The zero-order valence-electron chi connectivity index (χ0n) is 9.46. The standard InChI is InChI=1S/C11H12N2O5/c14-9-6-7(13(16)17)3-4-8(9)12-11(15)10-2-1-5-18-10/h3-4,6,10,14H,1-2,5H2,(H,12,15). The van der Waals surface area contributed by atoms with Gasteiger partial charge in [-0.25, -0.2) is 0 Å². The lowest BCUT2D eigenvalue weighted by Crippen LogP contribution is -2.26. The van der Waals surface area contributed by atoms with Crippen LogP contribution in [-0.4, -0.2) is 28.6 Å². The van der Waals surface area contributed by atoms with Crippen LogP contribution < -0.4 is 5.32 Å². The second-order valence-electron chi connectivity index (χ2n) is 3.95. The van der Waals surface area contributed by atoms with Crippen molar-refractivity contribution >= 4 is 17.3 Å². The van der Waals surface area contributed by atoms with Gasteiger partial charge in [0.2, 0.25) is 0 Å². The number of nitrogens with zero attached hydrogens (tertiary/aromatic N) is 1. The number of hydrogen-bond donors (Lipinski definition) is 2. The first-order chi connectivity index (χ1) is 8.58. The van der Waals surface area contributed by atoms with E-state index in [2.05, 4.69) is 5.32 Å². The van der Waals surface area contributed by atoms with Gasteiger partial charge in [-0.1, -0.05) is 0 Å². The minimum Gasteiger partial charge on any atom is -0.506 e. The van der Waals surface area contributed by atoms with Crippen molar-refractivity contribution < 1.29 is 19.6 Å². The first kappa shape index (κ1) is 12.3. The van der Waals surface area contributed by atoms with Gasteiger partial charge in [0.15, 0.2) is 0 Å². The summed E-state index contributed by atoms with van der Waals surface area (Å²) in [4.78, 5) is 21.6. The summed E-state index contributed by atoms with van der Waals surface area (Å²) in [5.74, 6) is -0.688. The number of carbonyl (C=O) groups excluding carboxylic acids is 1. The maximum absolute atomic E-state index is 11.7. The summed E-state index contributed by atoms with van der Waals surface area (Å²) < 4.78 is 5.19. The Bertz CT molecular complexity index is 482. The molecule has 0 aliphatic carbocycles. The van der Waals surface area contributed by atoms with Crippen LogP contribution in [0.1, 0.15) is 12.8 Å². The minimum absolute atomic E-state index is 0.140. The molecule has 1 saturated heterocycles. The molecule has 2 N–H and O–H groups in total. The Hall–Kier alpha value is -2.15. The molecular formula is C11H12N2O5. The molecule has 0 saturated carbocycles. The number of anilines is 1. The Kier molecular flexibility index (Phi) is 3.42. The van der Waals surface area contributed by atoms with Gasteiger partial charge < -0.3 is 15.2 Å². The van der Waals surface area contributed by atoms with E-state index in [-0.39, 0.29) is 23.0 Å². The third kappa shape index (κ3) is 2.57. The lowest BCUT2D eigenvalue weighted by Gasteiger charge is -2.11. The molecule has 1 fully saturated rings. The summed E-state index contributed by atoms with van der Waals surface area (Å²) in [5.41, 5.74) is -0.0938. The largest absolute Gasteiger partial charge is 0.506 e. The van der Waals surface area contributed by atoms with Gasteiger partial charge in [-0.05, 0) is 18.9 Å². The SMILES string of the molecule is O=C(Nc1ccc([N+](=O)[O-])cc1O)C1CCCO1. The van der Waals surface area contributed by atoms with Gasteiger partial charge in [-0.15, -0.1) is 0 Å². The third-order valence-electron chi connectivity index (χ3n) is 2.67. The van der Waals surface area contributed by atoms with Crippen LogP contribution in [0.3, 0.4) is 0 Å². The van der Waals surface area contributed by atoms with E-state index in [1.165, 1.54) is 12.1 Å². The number of phenolic OH excluding ortho intramolecular Hbond substituents is 1. The zero-order valence-corrected chi connectivity index (χ0v) is 9.46. The number of aromatic hydroxyl groups is 1. The molecular weight excluding hydrogens is 240 g/mol. The number of nitrogens with one attached hydrogen (secondary N) is 1. The monoisotopic (exact) mass is 252 g/mol. The average molecular weight is 252 g/mol. The van der Waals surface area contributed by atoms with E-state index in [1.807, 2.05) is 0 Å². The number of benzene rings is 1. The highest BCUT2D eigenvalue weighted by molar-refractivity contribution is 5.95. The lowest BCUT2D eigenvalue weighted by atomic mass is 10.2. The molecule has 1 atom stereocenters. The van der Waals surface area contributed by atoms with E-state index in [0.29, 0.717) is 13.0 Å². The number of amides is 1. The van der Waals surface area contributed by atoms with Gasteiger partial charge in [0, 0.05) is 12.7 Å². The van der Waals surface area contributed by atoms with Gasteiger partial charge >= 0.3 is 0 Å². The molecule has 18 heavy (non-hydrogen) atoms. The molecule has 1 heterocycles. The predicted octanol–water partition coefficient (Wildman–Crippen LogP) is 1.42. The Morgan fingerprint density at radius 2 is 2.33 bits per heavy atom. The highest BCUT2D eigenvalue weighted by Gasteiger charge is 2.24. The fourth-order valence-electron chi connectivity index (χ4n) is 1.74. The highest BCUT2D eigenvalue weighted by Crippen LogP contribution is 2.28. The number of hydrogen-bond acceptors (Lipinski definition) is 5. The molecule has 7 heteroatoms. The Labute approximate surface area is 103 Å². The lowest BCUT2D eigenvalue weighted by molar-refractivity contribution is -0.384. The average Bonchev–Trinajstić information content (AvgIpc) is 2.85. The van der Waals surface area contributed by atoms with Crippen LogP contribution >= 0.6 is 0 Å². The van der Waals surface area contributed by atoms with Crippen molar-refractivity contribution in [3.63, 3.8) is 0 Å². The van der Waals surface area contributed by atoms with Crippen molar-refractivity contribution in [1.82, 2.24) is 0 Å². The van der Waals surface area contributed by atoms with E-state index in [9.17, 15) is 20.0 Å². The normalized spacial score (nSPS) is 18.6. The van der Waals surface area contributed by atoms with Crippen LogP contribution in [0.25, 0.3) is 0 Å². The molecule has 1 aliphatic heterocycles. The molecule has 2 rings (SSSR count). The fraction of sp³-hybridized carbons (Fsp3) is 0.364. The van der Waals surface area contributed by atoms with Gasteiger partial charge in [0.1, 0.15) is 11.9 Å². The topological polar surface area (TPSA) is 102 Å². The van der Waals surface area contributed by atoms with E-state index in [1.54, 1.807) is 0 Å². The molecule has 7 nitrogen and oxygen atoms in total. The number of rotatable bonds is 3. The maximum Gasteiger partial charge on any atom is 0.273 e. The van der Waals surface area contributed by atoms with Crippen molar-refractivity contribution in [3.05, 3.63) is 28.3 Å². The Morgan fingerprint density at radius 3 is 2.89 bits per heavy atom. The van der Waals surface area contributed by atoms with Crippen molar-refractivity contribution in [3.8, 4) is 5.75 Å². The van der Waals surface area contributed by atoms with E-state index in [0.717, 1.165) is 12.5 Å². The van der Waals surface area contributed by atoms with Crippen molar-refractivity contribution in [2.45, 2.75) is 18.9 Å². The molecule has 0 radical (unpaired) electrons. The molecule has 1 aliphatic rings. The molecule has 0 bridgehead atoms. The van der Waals surface area contributed by atoms with Crippen LogP contribution in [0.4, 0.5) is 11.4 Å².